The van der Waals surface area contributed by atoms with Crippen molar-refractivity contribution in [1.82, 2.24) is 5.32 Å². The third kappa shape index (κ3) is 9.57. The molecule has 0 aliphatic rings. The van der Waals surface area contributed by atoms with Crippen molar-refractivity contribution in [3.05, 3.63) is 0 Å². The third-order valence-electron chi connectivity index (χ3n) is 1.69. The fraction of sp³-hybridized carbons (Fsp3) is 0.875. The number of carbonyl (C=O) groups excluding carboxylic acids is 1. The minimum absolute atomic E-state index is 0.00993. The van der Waals surface area contributed by atoms with Crippen molar-refractivity contribution >= 4 is 35.3 Å². The van der Waals surface area contributed by atoms with E-state index in [1.54, 1.807) is 18.8 Å². The zero-order valence-electron chi connectivity index (χ0n) is 9.63. The van der Waals surface area contributed by atoms with Crippen LogP contribution in [-0.4, -0.2) is 43.9 Å². The molecule has 0 aliphatic heterocycles. The second-order valence-electron chi connectivity index (χ2n) is 3.82. The summed E-state index contributed by atoms with van der Waals surface area (Å²) >= 11 is 1.57. The number of amides is 1. The number of carbonyl (C=O) groups is 1. The molecule has 0 aliphatic carbocycles. The van der Waals surface area contributed by atoms with Crippen LogP contribution < -0.4 is 5.32 Å². The Labute approximate surface area is 104 Å². The fourth-order valence-electron chi connectivity index (χ4n) is 0.829. The van der Waals surface area contributed by atoms with Crippen LogP contribution >= 0.6 is 18.5 Å². The van der Waals surface area contributed by atoms with Gasteiger partial charge in [-0.2, -0.15) is 0 Å². The number of hydrogen-bond acceptors (Lipinski definition) is 2. The number of hydrogen-bond donors (Lipinski definition) is 4. The Morgan fingerprint density at radius 1 is 1.44 bits per heavy atom. The van der Waals surface area contributed by atoms with E-state index in [2.05, 4.69) is 5.32 Å². The minimum atomic E-state index is -3.75. The summed E-state index contributed by atoms with van der Waals surface area (Å²) in [4.78, 5) is 37.5. The lowest BCUT2D eigenvalue weighted by Gasteiger charge is -2.16. The van der Waals surface area contributed by atoms with Gasteiger partial charge in [0.25, 0.3) is 0 Å². The van der Waals surface area contributed by atoms with Crippen LogP contribution in [0.15, 0.2) is 0 Å². The van der Waals surface area contributed by atoms with Gasteiger partial charge in [0.2, 0.25) is 16.8 Å². The molecule has 0 aromatic rings. The average Bonchev–Trinajstić information content (AvgIpc) is 2.13. The van der Waals surface area contributed by atoms with Gasteiger partial charge in [0.15, 0.2) is 5.75 Å². The first-order valence-electron chi connectivity index (χ1n) is 4.73. The number of rotatable bonds is 6. The molecule has 0 saturated heterocycles. The minimum Gasteiger partial charge on any atom is -0.359 e. The normalized spacial score (nSPS) is 12.4. The molecule has 0 aromatic heterocycles. The highest BCUT2D eigenvalue weighted by molar-refractivity contribution is 8.17. The van der Waals surface area contributed by atoms with E-state index in [0.717, 1.165) is 10.9 Å². The van der Waals surface area contributed by atoms with Crippen LogP contribution in [0.25, 0.3) is 0 Å². The molecule has 5 nitrogen and oxygen atoms in total. The molecule has 96 valence electrons. The average molecular weight is 288 g/mol. The van der Waals surface area contributed by atoms with E-state index in [1.807, 2.05) is 13.8 Å². The van der Waals surface area contributed by atoms with Crippen LogP contribution in [0.1, 0.15) is 20.3 Å². The van der Waals surface area contributed by atoms with Crippen molar-refractivity contribution in [2.45, 2.75) is 25.0 Å². The van der Waals surface area contributed by atoms with Crippen LogP contribution in [0.5, 0.6) is 0 Å². The fourth-order valence-corrected chi connectivity index (χ4v) is 4.41. The van der Waals surface area contributed by atoms with E-state index in [1.165, 1.54) is 0 Å². The Morgan fingerprint density at radius 3 is 2.44 bits per heavy atom. The zero-order valence-corrected chi connectivity index (χ0v) is 12.2. The molecule has 16 heavy (non-hydrogen) atoms. The highest BCUT2D eigenvalue weighted by Gasteiger charge is 2.29. The van der Waals surface area contributed by atoms with Crippen molar-refractivity contribution in [3.8, 4) is 0 Å². The summed E-state index contributed by atoms with van der Waals surface area (Å²) < 4.78 is -0.210. The summed E-state index contributed by atoms with van der Waals surface area (Å²) in [5.41, 5.74) is 0. The van der Waals surface area contributed by atoms with Gasteiger partial charge < -0.3 is 5.32 Å². The first-order valence-corrected chi connectivity index (χ1v) is 8.95. The van der Waals surface area contributed by atoms with Crippen LogP contribution in [0.4, 0.5) is 0 Å². The van der Waals surface area contributed by atoms with Crippen molar-refractivity contribution in [2.75, 3.05) is 18.6 Å². The Hall–Kier alpha value is 0.350. The van der Waals surface area contributed by atoms with Crippen LogP contribution in [0, 0.1) is 0 Å². The van der Waals surface area contributed by atoms with Gasteiger partial charge in [-0.05, 0) is 13.8 Å². The van der Waals surface area contributed by atoms with Gasteiger partial charge >= 0.3 is 6.72 Å². The molecule has 0 rings (SSSR count). The largest absolute Gasteiger partial charge is 0.515 e. The molecule has 0 fully saturated rings. The summed E-state index contributed by atoms with van der Waals surface area (Å²) in [7, 11) is 2.35. The Morgan fingerprint density at radius 2 is 2.00 bits per heavy atom. The predicted octanol–water partition coefficient (Wildman–Crippen LogP) is 0.371. The molecule has 4 N–H and O–H groups in total. The summed E-state index contributed by atoms with van der Waals surface area (Å²) in [6.45, 7) is 0.124. The summed E-state index contributed by atoms with van der Waals surface area (Å²) in [6.07, 6.45) is 0.437. The maximum absolute atomic E-state index is 11.0. The smallest absolute Gasteiger partial charge is 0.359 e. The van der Waals surface area contributed by atoms with Gasteiger partial charge in [0, 0.05) is 19.2 Å². The summed E-state index contributed by atoms with van der Waals surface area (Å²) in [5.74, 6) is 1.08. The monoisotopic (exact) mass is 288 g/mol. The third-order valence-corrected chi connectivity index (χ3v) is 5.83. The molecule has 8 heteroatoms. The van der Waals surface area contributed by atoms with E-state index in [4.69, 9.17) is 14.7 Å². The molecule has 0 bridgehead atoms. The molecule has 1 amide bonds. The van der Waals surface area contributed by atoms with Crippen molar-refractivity contribution < 1.29 is 19.5 Å². The van der Waals surface area contributed by atoms with Crippen molar-refractivity contribution in [2.24, 2.45) is 0 Å². The van der Waals surface area contributed by atoms with Crippen molar-refractivity contribution in [1.29, 1.82) is 0 Å². The summed E-state index contributed by atoms with van der Waals surface area (Å²) in [6, 6.07) is 0. The highest BCUT2D eigenvalue weighted by atomic mass is 32.5. The van der Waals surface area contributed by atoms with Gasteiger partial charge in [-0.1, -0.05) is 0 Å². The molecule has 0 atom stereocenters. The van der Waals surface area contributed by atoms with Crippen LogP contribution in [-0.2, 0) is 15.7 Å². The molecule has 0 spiro atoms. The van der Waals surface area contributed by atoms with E-state index >= 15 is 0 Å². The van der Waals surface area contributed by atoms with Crippen LogP contribution in [0.3, 0.4) is 0 Å². The first-order chi connectivity index (χ1) is 7.16. The summed E-state index contributed by atoms with van der Waals surface area (Å²) in [5, 5.41) is 2.54. The van der Waals surface area contributed by atoms with Crippen molar-refractivity contribution in [3.63, 3.8) is 0 Å². The molecule has 0 aromatic carbocycles. The standard InChI is InChI=1S/C8H18NO4PS2/c1-8(2,6-16-14(11,12)13)15-5-4-7(10)9-3/h4-6H2,1-3H3,(H3-,9,10,11,12,13)/p+1. The Balaban J connectivity index is 4.02. The van der Waals surface area contributed by atoms with E-state index in [9.17, 15) is 4.79 Å². The van der Waals surface area contributed by atoms with E-state index < -0.39 is 6.72 Å². The topological polar surface area (TPSA) is 89.8 Å². The molecule has 0 saturated carbocycles. The second-order valence-corrected chi connectivity index (χ2v) is 9.44. The lowest BCUT2D eigenvalue weighted by molar-refractivity contribution is -0.120. The van der Waals surface area contributed by atoms with E-state index in [-0.39, 0.29) is 10.7 Å². The molecular formula is C8H19NO4PS2+. The second kappa shape index (κ2) is 6.93. The Kier molecular flexibility index (Phi) is 7.09. The SMILES string of the molecule is CNC(=O)CCSC(C)(C)C[S+]=P(O)(O)O. The lowest BCUT2D eigenvalue weighted by atomic mass is 10.2. The van der Waals surface area contributed by atoms with Gasteiger partial charge in [0.05, 0.1) is 4.75 Å². The molecule has 0 heterocycles. The number of nitrogens with one attached hydrogen (secondary N) is 1. The van der Waals surface area contributed by atoms with E-state index in [0.29, 0.717) is 17.9 Å². The number of thioether (sulfide) groups is 1. The molecular weight excluding hydrogens is 269 g/mol. The Bertz CT molecular complexity index is 281. The maximum atomic E-state index is 11.0. The van der Waals surface area contributed by atoms with Gasteiger partial charge in [-0.3, -0.25) is 19.5 Å². The van der Waals surface area contributed by atoms with Gasteiger partial charge in [0.1, 0.15) is 0 Å². The van der Waals surface area contributed by atoms with Gasteiger partial charge in [-0.15, -0.1) is 11.8 Å². The molecule has 0 radical (unpaired) electrons. The predicted molar refractivity (Wildman–Crippen MR) is 71.0 cm³/mol. The highest BCUT2D eigenvalue weighted by Crippen LogP contribution is 2.34. The first kappa shape index (κ1) is 16.4. The van der Waals surface area contributed by atoms with Crippen LogP contribution in [0.2, 0.25) is 0 Å². The maximum Gasteiger partial charge on any atom is 0.515 e. The lowest BCUT2D eigenvalue weighted by Crippen LogP contribution is -2.23. The molecule has 0 unspecified atom stereocenters. The quantitative estimate of drug-likeness (QED) is 0.419. The van der Waals surface area contributed by atoms with Gasteiger partial charge in [-0.25, -0.2) is 0 Å². The zero-order chi connectivity index (χ0) is 12.8.